The van der Waals surface area contributed by atoms with Crippen LogP contribution in [0.15, 0.2) is 69.3 Å². The number of para-hydroxylation sites is 3. The van der Waals surface area contributed by atoms with Gasteiger partial charge in [0.15, 0.2) is 0 Å². The molecule has 1 N–H and O–H groups in total. The van der Waals surface area contributed by atoms with E-state index in [4.69, 9.17) is 0 Å². The molecule has 152 valence electrons. The lowest BCUT2D eigenvalue weighted by atomic mass is 10.3. The molecule has 0 unspecified atom stereocenters. The molecule has 0 aliphatic rings. The Morgan fingerprint density at radius 1 is 0.897 bits per heavy atom. The first-order chi connectivity index (χ1) is 14.1. The first-order valence-corrected chi connectivity index (χ1v) is 9.86. The van der Waals surface area contributed by atoms with E-state index in [9.17, 15) is 9.59 Å². The van der Waals surface area contributed by atoms with Crippen LogP contribution in [-0.2, 0) is 13.6 Å². The van der Waals surface area contributed by atoms with Crippen molar-refractivity contribution in [3.05, 3.63) is 80.7 Å². The van der Waals surface area contributed by atoms with Crippen LogP contribution in [0.2, 0.25) is 0 Å². The minimum atomic E-state index is -0.434. The van der Waals surface area contributed by atoms with Crippen molar-refractivity contribution < 1.29 is 0 Å². The number of likely N-dealkylation sites (N-methyl/N-ethyl adjacent to an activating group) is 1. The van der Waals surface area contributed by atoms with Gasteiger partial charge in [-0.25, -0.2) is 0 Å². The van der Waals surface area contributed by atoms with Crippen LogP contribution in [0.25, 0.3) is 11.0 Å². The van der Waals surface area contributed by atoms with Gasteiger partial charge >= 0.3 is 0 Å². The van der Waals surface area contributed by atoms with Gasteiger partial charge in [0.1, 0.15) is 0 Å². The minimum absolute atomic E-state index is 0.132. The number of hydrogen-bond acceptors (Lipinski definition) is 5. The summed E-state index contributed by atoms with van der Waals surface area (Å²) in [7, 11) is 1.67. The van der Waals surface area contributed by atoms with Crippen molar-refractivity contribution in [2.45, 2.75) is 20.4 Å². The van der Waals surface area contributed by atoms with Gasteiger partial charge < -0.3 is 14.0 Å². The molecule has 0 atom stereocenters. The number of fused-ring (bicyclic) bond motifs is 1. The topological polar surface area (TPSA) is 71.6 Å². The van der Waals surface area contributed by atoms with Crippen LogP contribution in [0.1, 0.15) is 13.8 Å². The first-order valence-electron chi connectivity index (χ1n) is 9.86. The highest BCUT2D eigenvalue weighted by Crippen LogP contribution is 2.09. The van der Waals surface area contributed by atoms with Crippen LogP contribution >= 0.6 is 0 Å². The number of anilines is 1. The first kappa shape index (κ1) is 20.5. The van der Waals surface area contributed by atoms with Gasteiger partial charge in [-0.3, -0.25) is 15.0 Å². The van der Waals surface area contributed by atoms with Gasteiger partial charge in [-0.05, 0) is 37.4 Å². The normalized spacial score (nSPS) is 11.9. The summed E-state index contributed by atoms with van der Waals surface area (Å²) >= 11 is 0. The predicted molar refractivity (Wildman–Crippen MR) is 117 cm³/mol. The Morgan fingerprint density at radius 3 is 2.17 bits per heavy atom. The molecule has 0 amide bonds. The smallest absolute Gasteiger partial charge is 0.284 e. The molecule has 0 fully saturated rings. The van der Waals surface area contributed by atoms with E-state index in [0.29, 0.717) is 29.8 Å². The molecular weight excluding hydrogens is 366 g/mol. The van der Waals surface area contributed by atoms with Crippen molar-refractivity contribution in [1.82, 2.24) is 14.0 Å². The highest BCUT2D eigenvalue weighted by Gasteiger charge is 2.11. The van der Waals surface area contributed by atoms with Crippen LogP contribution in [0, 0.1) is 0 Å². The Balaban J connectivity index is 2.24. The fourth-order valence-electron chi connectivity index (χ4n) is 3.31. The number of rotatable bonds is 7. The number of nitrogens with one attached hydrogen (secondary N) is 1. The molecule has 1 heterocycles. The molecule has 0 radical (unpaired) electrons. The van der Waals surface area contributed by atoms with Crippen molar-refractivity contribution >= 4 is 16.7 Å². The molecule has 3 aromatic rings. The third-order valence-electron chi connectivity index (χ3n) is 5.09. The lowest BCUT2D eigenvalue weighted by Crippen LogP contribution is -2.45. The number of aryl methyl sites for hydroxylation is 1. The molecule has 29 heavy (non-hydrogen) atoms. The number of aromatic nitrogens is 2. The second kappa shape index (κ2) is 9.34. The van der Waals surface area contributed by atoms with Gasteiger partial charge in [0, 0.05) is 20.1 Å². The van der Waals surface area contributed by atoms with E-state index >= 15 is 0 Å². The summed E-state index contributed by atoms with van der Waals surface area (Å²) in [4.78, 5) is 28.6. The molecule has 0 saturated heterocycles. The third-order valence-corrected chi connectivity index (χ3v) is 5.09. The molecule has 7 heteroatoms. The second-order valence-corrected chi connectivity index (χ2v) is 6.77. The van der Waals surface area contributed by atoms with Crippen molar-refractivity contribution in [2.75, 3.05) is 25.1 Å². The molecule has 0 aliphatic carbocycles. The summed E-state index contributed by atoms with van der Waals surface area (Å²) in [5, 5.41) is 4.06. The summed E-state index contributed by atoms with van der Waals surface area (Å²) in [5.74, 6) is 0. The molecule has 3 rings (SSSR count). The van der Waals surface area contributed by atoms with E-state index in [1.165, 1.54) is 4.57 Å². The quantitative estimate of drug-likeness (QED) is 0.623. The number of nitrogens with zero attached hydrogens (tertiary/aromatic N) is 4. The molecule has 0 saturated carbocycles. The standard InChI is InChI=1S/C22H27N5O2/c1-4-26(5-2)15-16-27-19-14-10-9-13-18(19)25(3)21(28)20(22(27)29)24-23-17-11-7-6-8-12-17/h6-14,23H,4-5,15-16H2,1-3H3. The Bertz CT molecular complexity index is 1160. The number of hydrogen-bond donors (Lipinski definition) is 1. The summed E-state index contributed by atoms with van der Waals surface area (Å²) in [6.45, 7) is 7.17. The molecule has 0 spiro atoms. The van der Waals surface area contributed by atoms with Crippen LogP contribution in [0.3, 0.4) is 0 Å². The Hall–Kier alpha value is -3.19. The van der Waals surface area contributed by atoms with Gasteiger partial charge in [0.25, 0.3) is 11.1 Å². The molecule has 2 aromatic carbocycles. The van der Waals surface area contributed by atoms with E-state index in [1.807, 2.05) is 54.6 Å². The Kier molecular flexibility index (Phi) is 6.61. The lowest BCUT2D eigenvalue weighted by molar-refractivity contribution is 0.290. The number of benzene rings is 2. The third kappa shape index (κ3) is 4.46. The van der Waals surface area contributed by atoms with E-state index < -0.39 is 11.1 Å². The van der Waals surface area contributed by atoms with E-state index in [0.717, 1.165) is 13.1 Å². The zero-order chi connectivity index (χ0) is 20.8. The molecule has 1 aromatic heterocycles. The van der Waals surface area contributed by atoms with E-state index in [-0.39, 0.29) is 5.36 Å². The Morgan fingerprint density at radius 2 is 1.52 bits per heavy atom. The molecule has 0 aliphatic heterocycles. The van der Waals surface area contributed by atoms with Gasteiger partial charge in [-0.1, -0.05) is 44.2 Å². The lowest BCUT2D eigenvalue weighted by Gasteiger charge is -2.18. The predicted octanol–water partition coefficient (Wildman–Crippen LogP) is 1.97. The fraction of sp³-hybridized carbons (Fsp3) is 0.318. The summed E-state index contributed by atoms with van der Waals surface area (Å²) in [6, 6.07) is 16.7. The maximum atomic E-state index is 13.4. The van der Waals surface area contributed by atoms with E-state index in [2.05, 4.69) is 29.3 Å². The summed E-state index contributed by atoms with van der Waals surface area (Å²) < 4.78 is 3.14. The van der Waals surface area contributed by atoms with Crippen molar-refractivity contribution in [2.24, 2.45) is 12.1 Å². The molecular formula is C22H27N5O2. The van der Waals surface area contributed by atoms with Crippen LogP contribution < -0.4 is 21.9 Å². The van der Waals surface area contributed by atoms with Crippen molar-refractivity contribution in [3.8, 4) is 0 Å². The average molecular weight is 393 g/mol. The average Bonchev–Trinajstić information content (AvgIpc) is 2.83. The van der Waals surface area contributed by atoms with Gasteiger partial charge in [-0.2, -0.15) is 5.10 Å². The zero-order valence-corrected chi connectivity index (χ0v) is 17.1. The zero-order valence-electron chi connectivity index (χ0n) is 17.1. The monoisotopic (exact) mass is 393 g/mol. The fourth-order valence-corrected chi connectivity index (χ4v) is 3.31. The highest BCUT2D eigenvalue weighted by molar-refractivity contribution is 5.74. The van der Waals surface area contributed by atoms with Gasteiger partial charge in [-0.15, -0.1) is 0 Å². The van der Waals surface area contributed by atoms with Crippen LogP contribution in [0.5, 0.6) is 0 Å². The van der Waals surface area contributed by atoms with Crippen LogP contribution in [0.4, 0.5) is 5.69 Å². The maximum Gasteiger partial charge on any atom is 0.284 e. The van der Waals surface area contributed by atoms with Gasteiger partial charge in [0.2, 0.25) is 5.36 Å². The second-order valence-electron chi connectivity index (χ2n) is 6.77. The van der Waals surface area contributed by atoms with Crippen LogP contribution in [-0.4, -0.2) is 33.7 Å². The van der Waals surface area contributed by atoms with Crippen molar-refractivity contribution in [1.29, 1.82) is 0 Å². The largest absolute Gasteiger partial charge is 0.308 e. The summed E-state index contributed by atoms with van der Waals surface area (Å²) in [6.07, 6.45) is 0. The highest BCUT2D eigenvalue weighted by atomic mass is 16.1. The molecule has 7 nitrogen and oxygen atoms in total. The SMILES string of the molecule is CCN(CC)CCn1c(=O)c(=NNc2ccccc2)c(=O)n(C)c2ccccc21. The van der Waals surface area contributed by atoms with Gasteiger partial charge in [0.05, 0.1) is 16.7 Å². The molecule has 0 bridgehead atoms. The van der Waals surface area contributed by atoms with Crippen molar-refractivity contribution in [3.63, 3.8) is 0 Å². The Labute approximate surface area is 169 Å². The maximum absolute atomic E-state index is 13.4. The minimum Gasteiger partial charge on any atom is -0.308 e. The van der Waals surface area contributed by atoms with E-state index in [1.54, 1.807) is 11.6 Å². The summed E-state index contributed by atoms with van der Waals surface area (Å²) in [5.41, 5.74) is 4.12.